The number of halogens is 1. The topological polar surface area (TPSA) is 470 Å². The second kappa shape index (κ2) is 37.7. The van der Waals surface area contributed by atoms with Gasteiger partial charge in [0, 0.05) is 63.4 Å². The lowest BCUT2D eigenvalue weighted by Crippen LogP contribution is -2.48. The SMILES string of the molecule is C#Cc1nc(N)nc2c(OC)cccc12.CC(C)(C)[Si](C)(C)OCc1cccc(Br)n1.COc1cccc2c(-c3cn(Cc4cccc(C5(O)CCC5)[n+]4[O-])nn3)nc(N)nc12.O=C1CCC1.OCc1cccc(C2(O)CCC2)n1.[N-]=[N+]=NCc1cccc(C2(O)CCC2)[n+]1[O-].[N-]=[N+]=NCc1cccc(C2(O)CCC2)n1. The number of rotatable bonds is 17. The summed E-state index contributed by atoms with van der Waals surface area (Å²) in [5.74, 6) is 4.38. The Labute approximate surface area is 651 Å². The monoisotopic (exact) mass is 1590 g/mol. The molecule has 2 aromatic carbocycles. The van der Waals surface area contributed by atoms with Crippen molar-refractivity contribution in [1.82, 2.24) is 49.9 Å². The van der Waals surface area contributed by atoms with Gasteiger partial charge in [0.25, 0.3) is 0 Å². The number of hydrogen-bond acceptors (Lipinski definition) is 24. The molecule has 0 aliphatic heterocycles. The van der Waals surface area contributed by atoms with Gasteiger partial charge < -0.3 is 61.3 Å². The third-order valence-corrected chi connectivity index (χ3v) is 25.1. The molecule has 0 amide bonds. The Morgan fingerprint density at radius 1 is 0.622 bits per heavy atom. The zero-order chi connectivity index (χ0) is 80.2. The molecule has 0 radical (unpaired) electrons. The molecule has 31 nitrogen and oxygen atoms in total. The van der Waals surface area contributed by atoms with Crippen LogP contribution in [0.2, 0.25) is 18.1 Å². The Morgan fingerprint density at radius 3 is 1.58 bits per heavy atom. The molecule has 0 unspecified atom stereocenters. The van der Waals surface area contributed by atoms with Crippen LogP contribution in [0.3, 0.4) is 0 Å². The number of aliphatic hydroxyl groups excluding tert-OH is 1. The molecular formula is C78H93BrN20O11Si. The molecule has 5 aliphatic carbocycles. The molecule has 8 aromatic heterocycles. The van der Waals surface area contributed by atoms with E-state index in [0.29, 0.717) is 128 Å². The number of aromatic nitrogens is 12. The van der Waals surface area contributed by atoms with E-state index in [0.717, 1.165) is 96.4 Å². The van der Waals surface area contributed by atoms with Crippen LogP contribution >= 0.6 is 15.9 Å². The molecule has 5 saturated carbocycles. The Bertz CT molecular complexity index is 5030. The number of aliphatic hydroxyl groups is 5. The van der Waals surface area contributed by atoms with Crippen molar-refractivity contribution < 1.29 is 53.7 Å². The number of para-hydroxylation sites is 2. The number of methoxy groups -OCH3 is 2. The lowest BCUT2D eigenvalue weighted by Gasteiger charge is -2.36. The van der Waals surface area contributed by atoms with Crippen molar-refractivity contribution in [1.29, 1.82) is 0 Å². The minimum atomic E-state index is -1.66. The summed E-state index contributed by atoms with van der Waals surface area (Å²) in [5.41, 5.74) is 32.3. The van der Waals surface area contributed by atoms with E-state index < -0.39 is 30.7 Å². The molecule has 33 heteroatoms. The fraction of sp³-hybridized carbons (Fsp3) is 0.410. The summed E-state index contributed by atoms with van der Waals surface area (Å²) in [6, 6.07) is 37.8. The number of terminal acetylenes is 1. The maximum absolute atomic E-state index is 12.8. The number of ketones is 1. The van der Waals surface area contributed by atoms with E-state index in [1.165, 1.54) is 0 Å². The van der Waals surface area contributed by atoms with Crippen LogP contribution in [-0.4, -0.2) is 104 Å². The first-order chi connectivity index (χ1) is 53.0. The molecule has 5 aliphatic rings. The summed E-state index contributed by atoms with van der Waals surface area (Å²) in [5, 5.41) is 91.2. The van der Waals surface area contributed by atoms with Crippen molar-refractivity contribution >= 4 is 63.7 Å². The third-order valence-electron chi connectivity index (χ3n) is 20.2. The van der Waals surface area contributed by atoms with Crippen LogP contribution in [-0.2, 0) is 64.5 Å². The summed E-state index contributed by atoms with van der Waals surface area (Å²) in [6.07, 6.45) is 19.3. The molecule has 0 atom stereocenters. The molecule has 111 heavy (non-hydrogen) atoms. The van der Waals surface area contributed by atoms with Crippen molar-refractivity contribution in [3.63, 3.8) is 0 Å². The number of nitrogens with zero attached hydrogens (tertiary/aromatic N) is 18. The number of benzene rings is 2. The number of pyridine rings is 5. The molecular weight excluding hydrogens is 1500 g/mol. The fourth-order valence-corrected chi connectivity index (χ4v) is 13.2. The van der Waals surface area contributed by atoms with Crippen LogP contribution in [0.5, 0.6) is 11.5 Å². The molecule has 0 saturated heterocycles. The predicted molar refractivity (Wildman–Crippen MR) is 422 cm³/mol. The van der Waals surface area contributed by atoms with Gasteiger partial charge >= 0.3 is 0 Å². The fourth-order valence-electron chi connectivity index (χ4n) is 11.8. The van der Waals surface area contributed by atoms with Gasteiger partial charge in [-0.25, -0.2) is 29.6 Å². The van der Waals surface area contributed by atoms with Gasteiger partial charge in [-0.15, -0.1) is 11.5 Å². The van der Waals surface area contributed by atoms with Gasteiger partial charge in [0.15, 0.2) is 14.0 Å². The first-order valence-corrected chi connectivity index (χ1v) is 40.0. The number of nitrogen functional groups attached to an aromatic ring is 2. The number of carbonyl (C=O) groups is 1. The van der Waals surface area contributed by atoms with Crippen molar-refractivity contribution in [3.05, 3.63) is 226 Å². The largest absolute Gasteiger partial charge is 0.618 e. The highest BCUT2D eigenvalue weighted by Gasteiger charge is 2.45. The lowest BCUT2D eigenvalue weighted by atomic mass is 9.77. The highest BCUT2D eigenvalue weighted by molar-refractivity contribution is 9.10. The first-order valence-electron chi connectivity index (χ1n) is 36.3. The number of carbonyl (C=O) groups excluding carboxylic acids is 1. The van der Waals surface area contributed by atoms with Crippen LogP contribution in [0.1, 0.15) is 174 Å². The highest BCUT2D eigenvalue weighted by Crippen LogP contribution is 2.43. The van der Waals surface area contributed by atoms with E-state index in [4.69, 9.17) is 48.0 Å². The number of nitrogens with two attached hydrogens (primary N) is 2. The van der Waals surface area contributed by atoms with Crippen LogP contribution in [0, 0.1) is 22.8 Å². The van der Waals surface area contributed by atoms with Crippen LogP contribution < -0.4 is 30.4 Å². The highest BCUT2D eigenvalue weighted by atomic mass is 79.9. The number of azide groups is 2. The Hall–Kier alpha value is -10.9. The van der Waals surface area contributed by atoms with E-state index in [1.807, 2.05) is 66.7 Å². The van der Waals surface area contributed by atoms with Crippen molar-refractivity contribution in [2.24, 2.45) is 10.2 Å². The first kappa shape index (κ1) is 84.1. The van der Waals surface area contributed by atoms with Gasteiger partial charge in [-0.1, -0.05) is 72.6 Å². The summed E-state index contributed by atoms with van der Waals surface area (Å²) < 4.78 is 20.5. The number of hydrogen-bond donors (Lipinski definition) is 7. The Balaban J connectivity index is 0.000000156. The van der Waals surface area contributed by atoms with Gasteiger partial charge in [0.05, 0.1) is 63.0 Å². The van der Waals surface area contributed by atoms with E-state index in [2.05, 4.69) is 121 Å². The number of fused-ring (bicyclic) bond motifs is 2. The van der Waals surface area contributed by atoms with Crippen LogP contribution in [0.4, 0.5) is 11.9 Å². The maximum atomic E-state index is 12.8. The maximum Gasteiger partial charge on any atom is 0.224 e. The predicted octanol–water partition coefficient (Wildman–Crippen LogP) is 12.6. The summed E-state index contributed by atoms with van der Waals surface area (Å²) in [7, 11) is 1.48. The third kappa shape index (κ3) is 21.4. The lowest BCUT2D eigenvalue weighted by molar-refractivity contribution is -0.633. The number of anilines is 2. The number of Topliss-reactive ketones (excluding diaryl/α,β-unsaturated/α-hetero) is 1. The van der Waals surface area contributed by atoms with E-state index in [1.54, 1.807) is 85.8 Å². The average molecular weight is 1590 g/mol. The molecule has 9 N–H and O–H groups in total. The van der Waals surface area contributed by atoms with E-state index in [-0.39, 0.29) is 43.2 Å². The molecule has 15 rings (SSSR count). The quantitative estimate of drug-likeness (QED) is 0.00650. The van der Waals surface area contributed by atoms with E-state index >= 15 is 0 Å². The van der Waals surface area contributed by atoms with Crippen molar-refractivity contribution in [2.75, 3.05) is 25.7 Å². The Kier molecular flexibility index (Phi) is 28.6. The molecule has 0 spiro atoms. The van der Waals surface area contributed by atoms with Crippen LogP contribution in [0.15, 0.2) is 148 Å². The normalized spacial score (nSPS) is 15.5. The standard InChI is InChI=1S/C21H21N7O3.C12H20BrNOSi.C11H9N3O.C10H12N4O2.C10H12N4O.C10H13NO2.C4H6O/c1-31-16-7-3-6-14-18(23-20(22)24-19(14)16)15-12-27(26-25-15)11-13-5-2-8-17(28(13)30)21(29)9-4-10-21;1-12(2,3)16(4,5)15-9-10-7-6-8-11(13)14-10;1-3-8-7-5-4-6-9(15-2)10(7)14-11(12)13-8;11-13-12-7-8-3-1-4-9(14(8)16)10(15)5-2-6-10;11-14-12-7-8-3-1-4-9(13-8)10(15)5-2-6-10;12-7-8-3-1-4-9(11-8)10(13)5-2-6-10;5-4-2-1-3-4/h2-3,5-8,12,29H,4,9-11H2,1H3,(H2,22,23,24);6-8H,9H2,1-5H3;1,4-6H,2H3,(H2,12,13,14);1,3-4,15H,2,5-7H2;1,3-4,15H,2,5-7H2;1,3-4,12-13H,2,5-7H2;1-3H2. The molecule has 8 heterocycles. The minimum absolute atomic E-state index is 0.00389. The summed E-state index contributed by atoms with van der Waals surface area (Å²) in [6.45, 7) is 12.2. The zero-order valence-electron chi connectivity index (χ0n) is 63.2. The van der Waals surface area contributed by atoms with Gasteiger partial charge in [0.1, 0.15) is 85.5 Å². The minimum Gasteiger partial charge on any atom is -0.618 e. The second-order valence-corrected chi connectivity index (χ2v) is 34.4. The molecule has 0 bridgehead atoms. The average Bonchev–Trinajstić information content (AvgIpc) is 1.77. The number of ether oxygens (including phenoxy) is 2. The molecule has 10 aromatic rings. The Morgan fingerprint density at radius 2 is 1.09 bits per heavy atom. The second-order valence-electron chi connectivity index (χ2n) is 28.8. The zero-order valence-corrected chi connectivity index (χ0v) is 65.8. The smallest absolute Gasteiger partial charge is 0.224 e. The van der Waals surface area contributed by atoms with E-state index in [9.17, 15) is 35.6 Å². The van der Waals surface area contributed by atoms with Gasteiger partial charge in [-0.2, -0.15) is 9.46 Å². The van der Waals surface area contributed by atoms with Gasteiger partial charge in [-0.3, -0.25) is 14.8 Å². The molecule has 5 fully saturated rings. The summed E-state index contributed by atoms with van der Waals surface area (Å²) >= 11 is 3.37. The van der Waals surface area contributed by atoms with Crippen molar-refractivity contribution in [3.8, 4) is 35.2 Å². The summed E-state index contributed by atoms with van der Waals surface area (Å²) in [4.78, 5) is 44.7. The van der Waals surface area contributed by atoms with Crippen molar-refractivity contribution in [2.45, 2.75) is 190 Å². The van der Waals surface area contributed by atoms with Gasteiger partial charge in [-0.05, 0) is 201 Å². The van der Waals surface area contributed by atoms with Gasteiger partial charge in [0.2, 0.25) is 29.0 Å². The molecule has 582 valence electrons. The van der Waals surface area contributed by atoms with Crippen LogP contribution in [0.25, 0.3) is 54.1 Å².